The molecular formula is C15H29N3. The molecule has 1 unspecified atom stereocenters. The van der Waals surface area contributed by atoms with Gasteiger partial charge in [-0.2, -0.15) is 5.10 Å². The molecule has 1 rings (SSSR count). The fourth-order valence-corrected chi connectivity index (χ4v) is 2.66. The highest BCUT2D eigenvalue weighted by Crippen LogP contribution is 2.19. The molecule has 0 aliphatic heterocycles. The molecule has 0 amide bonds. The van der Waals surface area contributed by atoms with Crippen LogP contribution in [-0.4, -0.2) is 15.8 Å². The van der Waals surface area contributed by atoms with Crippen molar-refractivity contribution < 1.29 is 0 Å². The van der Waals surface area contributed by atoms with Crippen LogP contribution in [0.1, 0.15) is 57.8 Å². The molecule has 0 saturated carbocycles. The molecular weight excluding hydrogens is 222 g/mol. The van der Waals surface area contributed by atoms with Crippen molar-refractivity contribution in [1.82, 2.24) is 9.78 Å². The van der Waals surface area contributed by atoms with Crippen molar-refractivity contribution in [2.45, 2.75) is 65.3 Å². The molecule has 18 heavy (non-hydrogen) atoms. The number of nitrogens with two attached hydrogens (primary N) is 1. The van der Waals surface area contributed by atoms with Crippen molar-refractivity contribution in [3.05, 3.63) is 17.5 Å². The molecule has 3 nitrogen and oxygen atoms in total. The Kier molecular flexibility index (Phi) is 6.41. The van der Waals surface area contributed by atoms with Crippen molar-refractivity contribution in [2.24, 2.45) is 18.7 Å². The van der Waals surface area contributed by atoms with E-state index in [4.69, 9.17) is 5.73 Å². The molecule has 1 aromatic rings. The Morgan fingerprint density at radius 2 is 1.83 bits per heavy atom. The van der Waals surface area contributed by atoms with Crippen LogP contribution >= 0.6 is 0 Å². The molecule has 1 heterocycles. The van der Waals surface area contributed by atoms with Crippen LogP contribution in [0.3, 0.4) is 0 Å². The first-order chi connectivity index (χ1) is 8.62. The van der Waals surface area contributed by atoms with Gasteiger partial charge < -0.3 is 5.73 Å². The average Bonchev–Trinajstić information content (AvgIpc) is 2.70. The normalized spacial score (nSPS) is 13.2. The van der Waals surface area contributed by atoms with Crippen molar-refractivity contribution in [2.75, 3.05) is 0 Å². The predicted molar refractivity (Wildman–Crippen MR) is 77.6 cm³/mol. The van der Waals surface area contributed by atoms with Crippen molar-refractivity contribution in [3.8, 4) is 0 Å². The Morgan fingerprint density at radius 3 is 2.28 bits per heavy atom. The molecule has 1 aromatic heterocycles. The van der Waals surface area contributed by atoms with E-state index in [0.717, 1.165) is 12.8 Å². The van der Waals surface area contributed by atoms with E-state index in [9.17, 15) is 0 Å². The summed E-state index contributed by atoms with van der Waals surface area (Å²) in [6.45, 7) is 6.63. The first kappa shape index (κ1) is 15.2. The van der Waals surface area contributed by atoms with Crippen LogP contribution in [0.25, 0.3) is 0 Å². The standard InChI is InChI=1S/C15H29N3/c1-5-8-12(9-6-2)15(16)11-14-10-13(7-3)17-18(14)4/h10,12,15H,5-9,11,16H2,1-4H3. The van der Waals surface area contributed by atoms with Crippen LogP contribution in [0.2, 0.25) is 0 Å². The summed E-state index contributed by atoms with van der Waals surface area (Å²) in [5.74, 6) is 0.653. The van der Waals surface area contributed by atoms with Gasteiger partial charge in [0, 0.05) is 25.2 Å². The van der Waals surface area contributed by atoms with Crippen LogP contribution in [0.15, 0.2) is 6.07 Å². The second-order valence-corrected chi connectivity index (χ2v) is 5.31. The number of hydrogen-bond acceptors (Lipinski definition) is 2. The highest BCUT2D eigenvalue weighted by Gasteiger charge is 2.18. The molecule has 0 fully saturated rings. The van der Waals surface area contributed by atoms with E-state index in [1.165, 1.54) is 37.1 Å². The second kappa shape index (κ2) is 7.57. The molecule has 2 N–H and O–H groups in total. The van der Waals surface area contributed by atoms with Gasteiger partial charge in [-0.15, -0.1) is 0 Å². The third-order valence-electron chi connectivity index (χ3n) is 3.76. The van der Waals surface area contributed by atoms with E-state index in [1.807, 2.05) is 11.7 Å². The van der Waals surface area contributed by atoms with Crippen LogP contribution < -0.4 is 5.73 Å². The molecule has 0 radical (unpaired) electrons. The minimum absolute atomic E-state index is 0.269. The molecule has 0 saturated heterocycles. The summed E-state index contributed by atoms with van der Waals surface area (Å²) in [5, 5.41) is 4.49. The van der Waals surface area contributed by atoms with Gasteiger partial charge >= 0.3 is 0 Å². The summed E-state index contributed by atoms with van der Waals surface area (Å²) >= 11 is 0. The Morgan fingerprint density at radius 1 is 1.22 bits per heavy atom. The third-order valence-corrected chi connectivity index (χ3v) is 3.76. The zero-order valence-electron chi connectivity index (χ0n) is 12.4. The van der Waals surface area contributed by atoms with Gasteiger partial charge in [-0.25, -0.2) is 0 Å². The van der Waals surface area contributed by atoms with E-state index in [1.54, 1.807) is 0 Å². The molecule has 3 heteroatoms. The number of nitrogens with zero attached hydrogens (tertiary/aromatic N) is 2. The SMILES string of the molecule is CCCC(CCC)C(N)Cc1cc(CC)nn1C. The largest absolute Gasteiger partial charge is 0.327 e. The summed E-state index contributed by atoms with van der Waals surface area (Å²) in [7, 11) is 2.02. The molecule has 104 valence electrons. The molecule has 0 aliphatic rings. The van der Waals surface area contributed by atoms with Gasteiger partial charge in [0.25, 0.3) is 0 Å². The summed E-state index contributed by atoms with van der Waals surface area (Å²) < 4.78 is 1.99. The Balaban J connectivity index is 2.65. The third kappa shape index (κ3) is 4.13. The molecule has 0 spiro atoms. The van der Waals surface area contributed by atoms with E-state index in [0.29, 0.717) is 5.92 Å². The van der Waals surface area contributed by atoms with Gasteiger partial charge in [0.05, 0.1) is 5.69 Å². The monoisotopic (exact) mass is 251 g/mol. The molecule has 1 atom stereocenters. The maximum atomic E-state index is 6.40. The van der Waals surface area contributed by atoms with Gasteiger partial charge in [-0.1, -0.05) is 33.6 Å². The summed E-state index contributed by atoms with van der Waals surface area (Å²) in [4.78, 5) is 0. The highest BCUT2D eigenvalue weighted by atomic mass is 15.3. The van der Waals surface area contributed by atoms with Crippen LogP contribution in [0.5, 0.6) is 0 Å². The maximum absolute atomic E-state index is 6.40. The number of hydrogen-bond donors (Lipinski definition) is 1. The molecule has 0 aliphatic carbocycles. The van der Waals surface area contributed by atoms with E-state index in [-0.39, 0.29) is 6.04 Å². The van der Waals surface area contributed by atoms with Gasteiger partial charge in [-0.05, 0) is 31.2 Å². The van der Waals surface area contributed by atoms with Gasteiger partial charge in [0.15, 0.2) is 0 Å². The Bertz CT molecular complexity index is 338. The highest BCUT2D eigenvalue weighted by molar-refractivity contribution is 5.11. The lowest BCUT2D eigenvalue weighted by atomic mass is 9.88. The molecule has 0 aromatic carbocycles. The fourth-order valence-electron chi connectivity index (χ4n) is 2.66. The second-order valence-electron chi connectivity index (χ2n) is 5.31. The van der Waals surface area contributed by atoms with Crippen LogP contribution in [0.4, 0.5) is 0 Å². The van der Waals surface area contributed by atoms with Gasteiger partial charge in [0.1, 0.15) is 0 Å². The maximum Gasteiger partial charge on any atom is 0.0624 e. The number of aromatic nitrogens is 2. The minimum Gasteiger partial charge on any atom is -0.327 e. The van der Waals surface area contributed by atoms with Crippen LogP contribution in [-0.2, 0) is 19.9 Å². The lowest BCUT2D eigenvalue weighted by Gasteiger charge is -2.23. The lowest BCUT2D eigenvalue weighted by Crippen LogP contribution is -2.33. The first-order valence-electron chi connectivity index (χ1n) is 7.39. The Labute approximate surface area is 112 Å². The fraction of sp³-hybridized carbons (Fsp3) is 0.800. The lowest BCUT2D eigenvalue weighted by molar-refractivity contribution is 0.355. The van der Waals surface area contributed by atoms with Crippen molar-refractivity contribution in [3.63, 3.8) is 0 Å². The summed E-state index contributed by atoms with van der Waals surface area (Å²) in [6.07, 6.45) is 6.89. The summed E-state index contributed by atoms with van der Waals surface area (Å²) in [6, 6.07) is 2.47. The Hall–Kier alpha value is -0.830. The quantitative estimate of drug-likeness (QED) is 0.771. The van der Waals surface area contributed by atoms with E-state index >= 15 is 0 Å². The number of rotatable bonds is 8. The predicted octanol–water partition coefficient (Wildman–Crippen LogP) is 3.07. The smallest absolute Gasteiger partial charge is 0.0624 e. The minimum atomic E-state index is 0.269. The van der Waals surface area contributed by atoms with Crippen molar-refractivity contribution >= 4 is 0 Å². The van der Waals surface area contributed by atoms with E-state index < -0.39 is 0 Å². The van der Waals surface area contributed by atoms with E-state index in [2.05, 4.69) is 31.9 Å². The first-order valence-corrected chi connectivity index (χ1v) is 7.39. The number of aryl methyl sites for hydroxylation is 2. The topological polar surface area (TPSA) is 43.8 Å². The zero-order chi connectivity index (χ0) is 13.5. The van der Waals surface area contributed by atoms with Gasteiger partial charge in [-0.3, -0.25) is 4.68 Å². The average molecular weight is 251 g/mol. The zero-order valence-corrected chi connectivity index (χ0v) is 12.4. The van der Waals surface area contributed by atoms with Gasteiger partial charge in [0.2, 0.25) is 0 Å². The van der Waals surface area contributed by atoms with Crippen LogP contribution in [0, 0.1) is 5.92 Å². The molecule has 0 bridgehead atoms. The summed E-state index contributed by atoms with van der Waals surface area (Å²) in [5.41, 5.74) is 8.84. The van der Waals surface area contributed by atoms with Crippen molar-refractivity contribution in [1.29, 1.82) is 0 Å².